The van der Waals surface area contributed by atoms with Crippen LogP contribution >= 0.6 is 0 Å². The van der Waals surface area contributed by atoms with E-state index in [1.165, 1.54) is 6.07 Å². The lowest BCUT2D eigenvalue weighted by Gasteiger charge is -2.25. The zero-order chi connectivity index (χ0) is 15.0. The van der Waals surface area contributed by atoms with Crippen LogP contribution in [-0.2, 0) is 16.0 Å². The smallest absolute Gasteiger partial charge is 0.381 e. The third-order valence-corrected chi connectivity index (χ3v) is 5.21. The summed E-state index contributed by atoms with van der Waals surface area (Å²) in [6.07, 6.45) is -3.21. The predicted octanol–water partition coefficient (Wildman–Crippen LogP) is 3.00. The van der Waals surface area contributed by atoms with Gasteiger partial charge in [0.1, 0.15) is 0 Å². The van der Waals surface area contributed by atoms with E-state index in [-0.39, 0.29) is 17.5 Å². The van der Waals surface area contributed by atoms with Crippen molar-refractivity contribution >= 4 is 15.5 Å². The first-order chi connectivity index (χ1) is 9.17. The van der Waals surface area contributed by atoms with E-state index in [9.17, 15) is 21.6 Å². The van der Waals surface area contributed by atoms with Gasteiger partial charge in [0.25, 0.3) is 0 Å². The fourth-order valence-electron chi connectivity index (χ4n) is 2.31. The van der Waals surface area contributed by atoms with Crippen LogP contribution in [0, 0.1) is 6.92 Å². The molecule has 1 heterocycles. The molecule has 1 aromatic carbocycles. The molecule has 0 bridgehead atoms. The molecule has 0 aromatic heterocycles. The van der Waals surface area contributed by atoms with E-state index in [1.807, 2.05) is 0 Å². The molecule has 1 fully saturated rings. The Labute approximate surface area is 116 Å². The second-order valence-electron chi connectivity index (χ2n) is 5.13. The van der Waals surface area contributed by atoms with Crippen LogP contribution in [0.2, 0.25) is 0 Å². The summed E-state index contributed by atoms with van der Waals surface area (Å²) in [5, 5.41) is 2.94. The number of alkyl halides is 3. The van der Waals surface area contributed by atoms with E-state index in [0.29, 0.717) is 24.1 Å². The van der Waals surface area contributed by atoms with Crippen LogP contribution in [0.3, 0.4) is 0 Å². The van der Waals surface area contributed by atoms with Crippen LogP contribution in [0.5, 0.6) is 0 Å². The molecule has 1 unspecified atom stereocenters. The van der Waals surface area contributed by atoms with E-state index < -0.39 is 21.6 Å². The third kappa shape index (κ3) is 3.65. The van der Waals surface area contributed by atoms with Gasteiger partial charge in [-0.3, -0.25) is 0 Å². The number of nitrogens with one attached hydrogen (secondary N) is 1. The minimum Gasteiger partial charge on any atom is -0.381 e. The fourth-order valence-corrected chi connectivity index (χ4v) is 3.95. The summed E-state index contributed by atoms with van der Waals surface area (Å²) in [5.41, 5.74) is 0.284. The first-order valence-corrected chi connectivity index (χ1v) is 8.14. The van der Waals surface area contributed by atoms with Gasteiger partial charge >= 0.3 is 6.18 Å². The third-order valence-electron chi connectivity index (χ3n) is 3.39. The summed E-state index contributed by atoms with van der Waals surface area (Å²) in [7, 11) is -3.09. The largest absolute Gasteiger partial charge is 0.416 e. The van der Waals surface area contributed by atoms with Crippen LogP contribution in [0.15, 0.2) is 18.2 Å². The quantitative estimate of drug-likeness (QED) is 0.913. The molecular formula is C13H16F3NO2S. The molecule has 0 spiro atoms. The number of sulfone groups is 1. The maximum atomic E-state index is 12.7. The van der Waals surface area contributed by atoms with Crippen LogP contribution in [0.4, 0.5) is 18.9 Å². The molecule has 1 saturated heterocycles. The normalized spacial score (nSPS) is 22.5. The second kappa shape index (κ2) is 5.27. The van der Waals surface area contributed by atoms with Crippen molar-refractivity contribution in [1.82, 2.24) is 0 Å². The molecule has 1 aromatic rings. The Hall–Kier alpha value is -1.24. The Balaban J connectivity index is 2.21. The first kappa shape index (κ1) is 15.2. The minimum atomic E-state index is -4.40. The molecule has 1 N–H and O–H groups in total. The van der Waals surface area contributed by atoms with Crippen molar-refractivity contribution in [1.29, 1.82) is 0 Å². The Morgan fingerprint density at radius 2 is 2.00 bits per heavy atom. The summed E-state index contributed by atoms with van der Waals surface area (Å²) in [5.74, 6) is 0.134. The zero-order valence-corrected chi connectivity index (χ0v) is 11.8. The van der Waals surface area contributed by atoms with Crippen molar-refractivity contribution < 1.29 is 21.6 Å². The summed E-state index contributed by atoms with van der Waals surface area (Å²) in [4.78, 5) is 0. The Morgan fingerprint density at radius 3 is 2.60 bits per heavy atom. The Kier molecular flexibility index (Phi) is 4.00. The highest BCUT2D eigenvalue weighted by Gasteiger charge is 2.31. The van der Waals surface area contributed by atoms with Gasteiger partial charge in [-0.05, 0) is 37.5 Å². The molecule has 0 amide bonds. The lowest BCUT2D eigenvalue weighted by atomic mass is 10.1. The zero-order valence-electron chi connectivity index (χ0n) is 11.0. The van der Waals surface area contributed by atoms with Gasteiger partial charge < -0.3 is 5.32 Å². The molecular weight excluding hydrogens is 291 g/mol. The lowest BCUT2D eigenvalue weighted by Crippen LogP contribution is -2.35. The van der Waals surface area contributed by atoms with E-state index in [1.54, 1.807) is 6.92 Å². The van der Waals surface area contributed by atoms with Gasteiger partial charge in [0.05, 0.1) is 17.1 Å². The summed E-state index contributed by atoms with van der Waals surface area (Å²) in [6, 6.07) is 3.13. The van der Waals surface area contributed by atoms with Gasteiger partial charge in [0.2, 0.25) is 0 Å². The molecule has 20 heavy (non-hydrogen) atoms. The maximum absolute atomic E-state index is 12.7. The molecule has 3 nitrogen and oxygen atoms in total. The Bertz CT molecular complexity index is 596. The van der Waals surface area contributed by atoms with Crippen LogP contribution in [-0.4, -0.2) is 26.0 Å². The molecule has 112 valence electrons. The van der Waals surface area contributed by atoms with Gasteiger partial charge in [-0.25, -0.2) is 8.42 Å². The van der Waals surface area contributed by atoms with Gasteiger partial charge in [0.15, 0.2) is 9.84 Å². The minimum absolute atomic E-state index is 0.0251. The van der Waals surface area contributed by atoms with Gasteiger partial charge in [-0.2, -0.15) is 13.2 Å². The first-order valence-electron chi connectivity index (χ1n) is 6.32. The van der Waals surface area contributed by atoms with Gasteiger partial charge in [0, 0.05) is 11.7 Å². The molecule has 1 aliphatic rings. The van der Waals surface area contributed by atoms with Crippen LogP contribution in [0.1, 0.15) is 24.0 Å². The number of halogens is 3. The number of anilines is 1. The van der Waals surface area contributed by atoms with E-state index in [2.05, 4.69) is 5.32 Å². The van der Waals surface area contributed by atoms with E-state index >= 15 is 0 Å². The fraction of sp³-hybridized carbons (Fsp3) is 0.538. The molecule has 2 rings (SSSR count). The molecule has 0 saturated carbocycles. The van der Waals surface area contributed by atoms with Crippen molar-refractivity contribution in [3.63, 3.8) is 0 Å². The van der Waals surface area contributed by atoms with Crippen LogP contribution in [0.25, 0.3) is 0 Å². The summed E-state index contributed by atoms with van der Waals surface area (Å²) < 4.78 is 61.1. The number of hydrogen-bond donors (Lipinski definition) is 1. The number of hydrogen-bond acceptors (Lipinski definition) is 3. The topological polar surface area (TPSA) is 46.2 Å². The average molecular weight is 307 g/mol. The average Bonchev–Trinajstić information content (AvgIpc) is 2.29. The molecule has 1 aliphatic heterocycles. The highest BCUT2D eigenvalue weighted by Crippen LogP contribution is 2.32. The van der Waals surface area contributed by atoms with Crippen molar-refractivity contribution in [2.75, 3.05) is 16.8 Å². The van der Waals surface area contributed by atoms with Gasteiger partial charge in [-0.15, -0.1) is 0 Å². The second-order valence-corrected chi connectivity index (χ2v) is 7.35. The number of aryl methyl sites for hydroxylation is 1. The van der Waals surface area contributed by atoms with Gasteiger partial charge in [-0.1, -0.05) is 6.07 Å². The monoisotopic (exact) mass is 307 g/mol. The predicted molar refractivity (Wildman–Crippen MR) is 71.5 cm³/mol. The van der Waals surface area contributed by atoms with Crippen molar-refractivity contribution in [2.45, 2.75) is 32.0 Å². The highest BCUT2D eigenvalue weighted by atomic mass is 32.2. The van der Waals surface area contributed by atoms with Crippen molar-refractivity contribution in [3.8, 4) is 0 Å². The number of rotatable bonds is 2. The van der Waals surface area contributed by atoms with E-state index in [0.717, 1.165) is 12.1 Å². The van der Waals surface area contributed by atoms with Crippen molar-refractivity contribution in [3.05, 3.63) is 29.3 Å². The Morgan fingerprint density at radius 1 is 1.30 bits per heavy atom. The van der Waals surface area contributed by atoms with E-state index in [4.69, 9.17) is 0 Å². The molecule has 7 heteroatoms. The van der Waals surface area contributed by atoms with Crippen molar-refractivity contribution in [2.24, 2.45) is 0 Å². The summed E-state index contributed by atoms with van der Waals surface area (Å²) >= 11 is 0. The standard InChI is InChI=1S/C13H16F3NO2S/c1-9-4-5-10(13(14,15)16)7-12(9)17-11-3-2-6-20(18,19)8-11/h4-5,7,11,17H,2-3,6,8H2,1H3. The molecule has 0 aliphatic carbocycles. The van der Waals surface area contributed by atoms with Crippen LogP contribution < -0.4 is 5.32 Å². The number of benzene rings is 1. The molecule has 0 radical (unpaired) electrons. The highest BCUT2D eigenvalue weighted by molar-refractivity contribution is 7.91. The summed E-state index contributed by atoms with van der Waals surface area (Å²) in [6.45, 7) is 1.69. The SMILES string of the molecule is Cc1ccc(C(F)(F)F)cc1NC1CCCS(=O)(=O)C1. The lowest BCUT2D eigenvalue weighted by molar-refractivity contribution is -0.137. The molecule has 1 atom stereocenters. The maximum Gasteiger partial charge on any atom is 0.416 e.